The summed E-state index contributed by atoms with van der Waals surface area (Å²) in [7, 11) is -0.384. The molecule has 156 valence electrons. The molecule has 0 aliphatic carbocycles. The Morgan fingerprint density at radius 3 is 1.56 bits per heavy atom. The smallest absolute Gasteiger partial charge is 0.0478 e. The number of rotatable bonds is 4. The monoisotopic (exact) mass is 409 g/mol. The molecule has 0 spiro atoms. The molecule has 0 bridgehead atoms. The molecule has 0 unspecified atom stereocenters. The van der Waals surface area contributed by atoms with Gasteiger partial charge in [-0.05, 0) is 32.8 Å². The van der Waals surface area contributed by atoms with Crippen LogP contribution >= 0.6 is 15.8 Å². The van der Waals surface area contributed by atoms with E-state index in [1.54, 1.807) is 0 Å². The molecule has 1 heterocycles. The van der Waals surface area contributed by atoms with E-state index in [0.29, 0.717) is 26.3 Å². The molecular formula is C24H45NP2. The molecule has 0 radical (unpaired) electrons. The summed E-state index contributed by atoms with van der Waals surface area (Å²) in [5.41, 5.74) is 3.09. The van der Waals surface area contributed by atoms with Crippen LogP contribution in [0.4, 0.5) is 0 Å². The van der Waals surface area contributed by atoms with Crippen LogP contribution in [-0.2, 0) is 6.16 Å². The Labute approximate surface area is 173 Å². The van der Waals surface area contributed by atoms with Gasteiger partial charge in [0.05, 0.1) is 0 Å². The molecule has 1 aromatic heterocycles. The third-order valence-corrected chi connectivity index (χ3v) is 12.8. The van der Waals surface area contributed by atoms with Crippen molar-refractivity contribution in [1.29, 1.82) is 0 Å². The Morgan fingerprint density at radius 1 is 0.741 bits per heavy atom. The Hall–Kier alpha value is 0.01000. The second-order valence-corrected chi connectivity index (χ2v) is 19.9. The fourth-order valence-corrected chi connectivity index (χ4v) is 13.0. The summed E-state index contributed by atoms with van der Waals surface area (Å²) < 4.78 is 0. The average molecular weight is 410 g/mol. The zero-order valence-electron chi connectivity index (χ0n) is 20.4. The molecule has 3 heteroatoms. The molecule has 0 N–H and O–H groups in total. The number of pyridine rings is 1. The normalized spacial score (nSPS) is 15.5. The summed E-state index contributed by atoms with van der Waals surface area (Å²) in [6.45, 7) is 31.2. The number of nitrogens with zero attached hydrogens (tertiary/aromatic N) is 1. The molecular weight excluding hydrogens is 364 g/mol. The first-order valence-electron chi connectivity index (χ1n) is 10.4. The fraction of sp³-hybridized carbons (Fsp3) is 0.792. The third-order valence-electron chi connectivity index (χ3n) is 5.03. The quantitative estimate of drug-likeness (QED) is 0.453. The Kier molecular flexibility index (Phi) is 7.79. The van der Waals surface area contributed by atoms with E-state index in [2.05, 4.69) is 108 Å². The van der Waals surface area contributed by atoms with Gasteiger partial charge in [0.15, 0.2) is 0 Å². The van der Waals surface area contributed by atoms with Crippen molar-refractivity contribution in [3.05, 3.63) is 29.6 Å². The van der Waals surface area contributed by atoms with Crippen molar-refractivity contribution in [2.75, 3.05) is 0 Å². The Morgan fingerprint density at radius 2 is 1.19 bits per heavy atom. The van der Waals surface area contributed by atoms with Crippen LogP contribution in [0.25, 0.3) is 0 Å². The molecule has 1 nitrogen and oxygen atoms in total. The largest absolute Gasteiger partial charge is 0.257 e. The molecule has 1 atom stereocenters. The van der Waals surface area contributed by atoms with E-state index < -0.39 is 0 Å². The summed E-state index contributed by atoms with van der Waals surface area (Å²) in [6.07, 6.45) is 1.12. The van der Waals surface area contributed by atoms with Crippen molar-refractivity contribution in [3.8, 4) is 0 Å². The second-order valence-electron chi connectivity index (χ2n) is 11.9. The Bertz CT molecular complexity index is 581. The molecule has 0 saturated carbocycles. The second kappa shape index (κ2) is 8.40. The van der Waals surface area contributed by atoms with Gasteiger partial charge in [-0.3, -0.25) is 4.98 Å². The van der Waals surface area contributed by atoms with Gasteiger partial charge < -0.3 is 0 Å². The average Bonchev–Trinajstić information content (AvgIpc) is 2.39. The number of hydrogen-bond acceptors (Lipinski definition) is 1. The molecule has 1 rings (SSSR count). The first-order valence-corrected chi connectivity index (χ1v) is 13.3. The SMILES string of the molecule is C[C@@H](c1cccc(CP(C(C)(C)C)C(C)(C)C)n1)P(C(C)(C)C)C(C)(C)C. The number of aromatic nitrogens is 1. The van der Waals surface area contributed by atoms with Crippen molar-refractivity contribution in [2.45, 2.75) is 122 Å². The first-order chi connectivity index (χ1) is 11.8. The van der Waals surface area contributed by atoms with Crippen molar-refractivity contribution in [3.63, 3.8) is 0 Å². The summed E-state index contributed by atoms with van der Waals surface area (Å²) in [4.78, 5) is 5.22. The van der Waals surface area contributed by atoms with E-state index in [9.17, 15) is 0 Å². The van der Waals surface area contributed by atoms with Crippen LogP contribution in [0.2, 0.25) is 0 Å². The van der Waals surface area contributed by atoms with Gasteiger partial charge >= 0.3 is 0 Å². The minimum atomic E-state index is -0.215. The van der Waals surface area contributed by atoms with Gasteiger partial charge in [-0.15, -0.1) is 0 Å². The summed E-state index contributed by atoms with van der Waals surface area (Å²) in [5, 5.41) is 1.29. The predicted octanol–water partition coefficient (Wildman–Crippen LogP) is 8.80. The van der Waals surface area contributed by atoms with E-state index in [1.165, 1.54) is 11.4 Å². The van der Waals surface area contributed by atoms with Crippen LogP contribution in [0.5, 0.6) is 0 Å². The van der Waals surface area contributed by atoms with Crippen LogP contribution in [0.15, 0.2) is 18.2 Å². The highest BCUT2D eigenvalue weighted by atomic mass is 31.1. The van der Waals surface area contributed by atoms with Gasteiger partial charge in [0.1, 0.15) is 0 Å². The third kappa shape index (κ3) is 7.08. The minimum Gasteiger partial charge on any atom is -0.257 e. The minimum absolute atomic E-state index is 0.168. The van der Waals surface area contributed by atoms with E-state index in [0.717, 1.165) is 6.16 Å². The van der Waals surface area contributed by atoms with E-state index in [-0.39, 0.29) is 15.8 Å². The summed E-state index contributed by atoms with van der Waals surface area (Å²) in [6, 6.07) is 6.75. The standard InChI is InChI=1S/C24H45NP2/c1-18(27(23(8,9)10)24(11,12)13)20-16-14-15-19(25-20)17-26(21(2,3)4)22(5,6)7/h14-16,18H,17H2,1-13H3/t18-/m0/s1. The van der Waals surface area contributed by atoms with E-state index in [4.69, 9.17) is 4.98 Å². The van der Waals surface area contributed by atoms with Crippen LogP contribution in [0.3, 0.4) is 0 Å². The maximum absolute atomic E-state index is 5.22. The lowest BCUT2D eigenvalue weighted by molar-refractivity contribution is 0.686. The van der Waals surface area contributed by atoms with Crippen molar-refractivity contribution >= 4 is 15.8 Å². The number of hydrogen-bond donors (Lipinski definition) is 0. The highest BCUT2D eigenvalue weighted by Crippen LogP contribution is 2.67. The molecule has 0 saturated heterocycles. The molecule has 0 aliphatic heterocycles. The first kappa shape index (κ1) is 25.0. The molecule has 0 aromatic carbocycles. The summed E-state index contributed by atoms with van der Waals surface area (Å²) in [5.74, 6) is 0. The summed E-state index contributed by atoms with van der Waals surface area (Å²) >= 11 is 0. The molecule has 0 fully saturated rings. The van der Waals surface area contributed by atoms with Gasteiger partial charge in [-0.25, -0.2) is 0 Å². The van der Waals surface area contributed by atoms with Crippen LogP contribution in [-0.4, -0.2) is 25.6 Å². The van der Waals surface area contributed by atoms with Gasteiger partial charge in [0.25, 0.3) is 0 Å². The van der Waals surface area contributed by atoms with Gasteiger partial charge in [0.2, 0.25) is 0 Å². The maximum atomic E-state index is 5.22. The van der Waals surface area contributed by atoms with Crippen molar-refractivity contribution in [1.82, 2.24) is 4.98 Å². The van der Waals surface area contributed by atoms with E-state index in [1.807, 2.05) is 0 Å². The molecule has 27 heavy (non-hydrogen) atoms. The Balaban J connectivity index is 3.25. The molecule has 0 aliphatic rings. The lowest BCUT2D eigenvalue weighted by Gasteiger charge is -2.45. The fourth-order valence-electron chi connectivity index (χ4n) is 4.76. The lowest BCUT2D eigenvalue weighted by atomic mass is 10.2. The van der Waals surface area contributed by atoms with Gasteiger partial charge in [-0.1, -0.05) is 112 Å². The molecule has 1 aromatic rings. The van der Waals surface area contributed by atoms with Crippen molar-refractivity contribution < 1.29 is 0 Å². The van der Waals surface area contributed by atoms with Crippen LogP contribution < -0.4 is 0 Å². The topological polar surface area (TPSA) is 12.9 Å². The van der Waals surface area contributed by atoms with Gasteiger partial charge in [0, 0.05) is 23.2 Å². The highest BCUT2D eigenvalue weighted by Gasteiger charge is 2.39. The zero-order chi connectivity index (χ0) is 21.4. The van der Waals surface area contributed by atoms with Gasteiger partial charge in [-0.2, -0.15) is 0 Å². The van der Waals surface area contributed by atoms with Crippen LogP contribution in [0, 0.1) is 0 Å². The maximum Gasteiger partial charge on any atom is 0.0478 e. The van der Waals surface area contributed by atoms with Crippen molar-refractivity contribution in [2.24, 2.45) is 0 Å². The van der Waals surface area contributed by atoms with Crippen LogP contribution in [0.1, 0.15) is 107 Å². The highest BCUT2D eigenvalue weighted by molar-refractivity contribution is 7.61. The molecule has 0 amide bonds. The predicted molar refractivity (Wildman–Crippen MR) is 129 cm³/mol. The lowest BCUT2D eigenvalue weighted by Crippen LogP contribution is -2.28. The van der Waals surface area contributed by atoms with E-state index >= 15 is 0 Å². The zero-order valence-corrected chi connectivity index (χ0v) is 22.1.